The lowest BCUT2D eigenvalue weighted by molar-refractivity contribution is 0.411. The standard InChI is InChI=1S/C30H27Cl2NOP/c1-30(2,3)29-33-26-19-25(31)24(27(32)28(26)34-29)20-35(21-13-7-4-8-14-21,22-15-9-5-10-16-22)23-17-11-6-12-18-23/h4-19H,20H2,1-3H3/q+1. The Morgan fingerprint density at radius 3 is 1.63 bits per heavy atom. The Morgan fingerprint density at radius 2 is 1.20 bits per heavy atom. The van der Waals surface area contributed by atoms with Crippen LogP contribution < -0.4 is 15.9 Å². The third-order valence-electron chi connectivity index (χ3n) is 6.30. The lowest BCUT2D eigenvalue weighted by Crippen LogP contribution is -2.32. The average Bonchev–Trinajstić information content (AvgIpc) is 3.31. The van der Waals surface area contributed by atoms with Crippen LogP contribution in [0, 0.1) is 0 Å². The van der Waals surface area contributed by atoms with Crippen molar-refractivity contribution in [1.29, 1.82) is 0 Å². The highest BCUT2D eigenvalue weighted by Crippen LogP contribution is 2.59. The van der Waals surface area contributed by atoms with E-state index >= 15 is 0 Å². The summed E-state index contributed by atoms with van der Waals surface area (Å²) in [5.41, 5.74) is 1.95. The fourth-order valence-electron chi connectivity index (χ4n) is 4.51. The molecule has 2 nitrogen and oxygen atoms in total. The summed E-state index contributed by atoms with van der Waals surface area (Å²) in [4.78, 5) is 4.69. The number of nitrogens with zero attached hydrogens (tertiary/aromatic N) is 1. The largest absolute Gasteiger partial charge is 0.439 e. The Labute approximate surface area is 217 Å². The molecule has 4 aromatic carbocycles. The molecule has 0 aliphatic carbocycles. The summed E-state index contributed by atoms with van der Waals surface area (Å²) in [6, 6.07) is 34.0. The molecule has 0 aliphatic heterocycles. The second-order valence-electron chi connectivity index (χ2n) is 9.74. The van der Waals surface area contributed by atoms with Gasteiger partial charge in [-0.2, -0.15) is 0 Å². The molecule has 0 spiro atoms. The summed E-state index contributed by atoms with van der Waals surface area (Å²) < 4.78 is 6.20. The first kappa shape index (κ1) is 24.1. The average molecular weight is 519 g/mol. The van der Waals surface area contributed by atoms with Crippen molar-refractivity contribution < 1.29 is 4.42 Å². The monoisotopic (exact) mass is 518 g/mol. The Bertz CT molecular complexity index is 1360. The molecule has 0 bridgehead atoms. The normalized spacial score (nSPS) is 12.3. The summed E-state index contributed by atoms with van der Waals surface area (Å²) in [6.07, 6.45) is 0.671. The van der Waals surface area contributed by atoms with Crippen LogP contribution in [0.2, 0.25) is 10.0 Å². The van der Waals surface area contributed by atoms with Gasteiger partial charge in [0.15, 0.2) is 5.58 Å². The molecule has 0 radical (unpaired) electrons. The molecule has 5 heteroatoms. The number of halogens is 2. The quantitative estimate of drug-likeness (QED) is 0.221. The van der Waals surface area contributed by atoms with Crippen molar-refractivity contribution in [1.82, 2.24) is 4.98 Å². The van der Waals surface area contributed by atoms with Crippen molar-refractivity contribution in [2.45, 2.75) is 32.3 Å². The summed E-state index contributed by atoms with van der Waals surface area (Å²) in [5.74, 6) is 0.651. The first-order valence-corrected chi connectivity index (χ1v) is 14.4. The molecule has 5 aromatic rings. The molecule has 0 amide bonds. The van der Waals surface area contributed by atoms with Gasteiger partial charge >= 0.3 is 0 Å². The summed E-state index contributed by atoms with van der Waals surface area (Å²) >= 11 is 14.0. The van der Waals surface area contributed by atoms with Gasteiger partial charge in [0.2, 0.25) is 5.89 Å². The van der Waals surface area contributed by atoms with Gasteiger partial charge in [-0.15, -0.1) is 0 Å². The van der Waals surface area contributed by atoms with Crippen molar-refractivity contribution >= 4 is 57.5 Å². The fourth-order valence-corrected chi connectivity index (χ4v) is 9.60. The topological polar surface area (TPSA) is 26.0 Å². The van der Waals surface area contributed by atoms with Gasteiger partial charge in [0.25, 0.3) is 0 Å². The summed E-state index contributed by atoms with van der Waals surface area (Å²) in [6.45, 7) is 6.22. The van der Waals surface area contributed by atoms with Gasteiger partial charge in [0.1, 0.15) is 34.9 Å². The maximum absolute atomic E-state index is 7.08. The van der Waals surface area contributed by atoms with Crippen LogP contribution in [0.25, 0.3) is 11.1 Å². The van der Waals surface area contributed by atoms with Crippen LogP contribution in [0.15, 0.2) is 101 Å². The van der Waals surface area contributed by atoms with E-state index in [9.17, 15) is 0 Å². The minimum absolute atomic E-state index is 0.232. The number of aromatic nitrogens is 1. The van der Waals surface area contributed by atoms with Gasteiger partial charge in [0, 0.05) is 11.0 Å². The van der Waals surface area contributed by atoms with Crippen LogP contribution in [-0.4, -0.2) is 4.98 Å². The highest BCUT2D eigenvalue weighted by atomic mass is 35.5. The molecule has 0 atom stereocenters. The molecular formula is C30H27Cl2NOP+. The molecule has 1 heterocycles. The molecule has 0 saturated carbocycles. The van der Waals surface area contributed by atoms with Crippen molar-refractivity contribution in [3.8, 4) is 0 Å². The van der Waals surface area contributed by atoms with E-state index in [1.54, 1.807) is 0 Å². The molecule has 0 N–H and O–H groups in total. The van der Waals surface area contributed by atoms with E-state index in [4.69, 9.17) is 32.6 Å². The number of fused-ring (bicyclic) bond motifs is 1. The van der Waals surface area contributed by atoms with Crippen LogP contribution >= 0.6 is 30.5 Å². The predicted octanol–water partition coefficient (Wildman–Crippen LogP) is 7.93. The summed E-state index contributed by atoms with van der Waals surface area (Å²) in [5, 5.41) is 4.99. The van der Waals surface area contributed by atoms with Gasteiger partial charge in [-0.3, -0.25) is 0 Å². The molecule has 5 rings (SSSR count). The predicted molar refractivity (Wildman–Crippen MR) is 152 cm³/mol. The molecule has 0 saturated heterocycles. The molecule has 176 valence electrons. The Hall–Kier alpha value is -2.64. The highest BCUT2D eigenvalue weighted by molar-refractivity contribution is 7.95. The smallest absolute Gasteiger partial charge is 0.200 e. The first-order valence-electron chi connectivity index (χ1n) is 11.6. The zero-order valence-corrected chi connectivity index (χ0v) is 22.4. The van der Waals surface area contributed by atoms with E-state index in [1.165, 1.54) is 15.9 Å². The van der Waals surface area contributed by atoms with Gasteiger partial charge in [0.05, 0.1) is 10.0 Å². The molecule has 0 aliphatic rings. The molecular weight excluding hydrogens is 492 g/mol. The van der Waals surface area contributed by atoms with Gasteiger partial charge in [-0.1, -0.05) is 98.6 Å². The third kappa shape index (κ3) is 4.40. The maximum atomic E-state index is 7.08. The van der Waals surface area contributed by atoms with Crippen LogP contribution in [0.4, 0.5) is 0 Å². The first-order chi connectivity index (χ1) is 16.8. The Kier molecular flexibility index (Phi) is 6.49. The molecule has 0 unspecified atom stereocenters. The van der Waals surface area contributed by atoms with Gasteiger partial charge in [-0.25, -0.2) is 4.98 Å². The Balaban J connectivity index is 1.79. The molecule has 0 fully saturated rings. The number of hydrogen-bond acceptors (Lipinski definition) is 2. The van der Waals surface area contributed by atoms with E-state index < -0.39 is 7.26 Å². The van der Waals surface area contributed by atoms with Crippen LogP contribution in [0.5, 0.6) is 0 Å². The fraction of sp³-hybridized carbons (Fsp3) is 0.167. The zero-order valence-electron chi connectivity index (χ0n) is 20.0. The lowest BCUT2D eigenvalue weighted by atomic mass is 9.97. The zero-order chi connectivity index (χ0) is 24.6. The maximum Gasteiger partial charge on any atom is 0.200 e. The van der Waals surface area contributed by atoms with Crippen molar-refractivity contribution in [3.05, 3.63) is 119 Å². The second-order valence-corrected chi connectivity index (χ2v) is 14.0. The molecule has 1 aromatic heterocycles. The third-order valence-corrected chi connectivity index (χ3v) is 11.4. The van der Waals surface area contributed by atoms with Crippen molar-refractivity contribution in [3.63, 3.8) is 0 Å². The van der Waals surface area contributed by atoms with E-state index in [0.717, 1.165) is 5.56 Å². The minimum atomic E-state index is -2.16. The van der Waals surface area contributed by atoms with E-state index in [0.29, 0.717) is 33.2 Å². The Morgan fingerprint density at radius 1 is 0.743 bits per heavy atom. The van der Waals surface area contributed by atoms with Crippen molar-refractivity contribution in [2.75, 3.05) is 0 Å². The lowest BCUT2D eigenvalue weighted by Gasteiger charge is -2.28. The van der Waals surface area contributed by atoms with Crippen molar-refractivity contribution in [2.24, 2.45) is 0 Å². The van der Waals surface area contributed by atoms with E-state index in [2.05, 4.69) is 112 Å². The van der Waals surface area contributed by atoms with E-state index in [-0.39, 0.29) is 5.41 Å². The van der Waals surface area contributed by atoms with E-state index in [1.807, 2.05) is 6.07 Å². The number of benzene rings is 4. The van der Waals surface area contributed by atoms with Crippen LogP contribution in [0.3, 0.4) is 0 Å². The number of hydrogen-bond donors (Lipinski definition) is 0. The second kappa shape index (κ2) is 9.43. The SMILES string of the molecule is CC(C)(C)c1nc2cc(Cl)c(C[P+](c3ccccc3)(c3ccccc3)c3ccccc3)c(Cl)c2o1. The van der Waals surface area contributed by atoms with Gasteiger partial charge < -0.3 is 4.42 Å². The number of rotatable bonds is 5. The van der Waals surface area contributed by atoms with Crippen LogP contribution in [-0.2, 0) is 11.6 Å². The minimum Gasteiger partial charge on any atom is -0.439 e. The highest BCUT2D eigenvalue weighted by Gasteiger charge is 2.46. The number of oxazole rings is 1. The molecule has 35 heavy (non-hydrogen) atoms. The van der Waals surface area contributed by atoms with Crippen LogP contribution in [0.1, 0.15) is 32.2 Å². The van der Waals surface area contributed by atoms with Gasteiger partial charge in [-0.05, 0) is 42.5 Å². The summed E-state index contributed by atoms with van der Waals surface area (Å²) in [7, 11) is -2.16.